The van der Waals surface area contributed by atoms with Crippen molar-refractivity contribution in [2.75, 3.05) is 13.2 Å². The van der Waals surface area contributed by atoms with E-state index in [0.717, 1.165) is 19.3 Å². The molecule has 0 unspecified atom stereocenters. The summed E-state index contributed by atoms with van der Waals surface area (Å²) in [6, 6.07) is -0.618. The van der Waals surface area contributed by atoms with Crippen LogP contribution in [-0.4, -0.2) is 42.5 Å². The van der Waals surface area contributed by atoms with E-state index >= 15 is 0 Å². The number of imide groups is 1. The third-order valence-electron chi connectivity index (χ3n) is 4.13. The van der Waals surface area contributed by atoms with Gasteiger partial charge in [-0.15, -0.1) is 0 Å². The van der Waals surface area contributed by atoms with E-state index in [1.165, 1.54) is 0 Å². The molecule has 0 aromatic heterocycles. The van der Waals surface area contributed by atoms with Gasteiger partial charge in [-0.2, -0.15) is 0 Å². The molecule has 26 heavy (non-hydrogen) atoms. The molecule has 0 saturated heterocycles. The molecule has 0 heterocycles. The van der Waals surface area contributed by atoms with Crippen molar-refractivity contribution in [2.24, 2.45) is 5.41 Å². The van der Waals surface area contributed by atoms with Crippen LogP contribution in [0.5, 0.6) is 0 Å². The number of esters is 1. The molecule has 8 heteroatoms. The quantitative estimate of drug-likeness (QED) is 0.590. The van der Waals surface area contributed by atoms with Crippen molar-refractivity contribution in [1.29, 1.82) is 0 Å². The van der Waals surface area contributed by atoms with Crippen LogP contribution in [0.2, 0.25) is 0 Å². The average Bonchev–Trinajstić information content (AvgIpc) is 2.98. The molecule has 148 valence electrons. The van der Waals surface area contributed by atoms with Gasteiger partial charge in [0.15, 0.2) is 6.61 Å². The van der Waals surface area contributed by atoms with Gasteiger partial charge in [-0.05, 0) is 40.0 Å². The van der Waals surface area contributed by atoms with Gasteiger partial charge in [0, 0.05) is 18.5 Å². The summed E-state index contributed by atoms with van der Waals surface area (Å²) in [5.41, 5.74) is -1.27. The Morgan fingerprint density at radius 3 is 2.19 bits per heavy atom. The fraction of sp³-hybridized carbons (Fsp3) is 0.778. The zero-order valence-corrected chi connectivity index (χ0v) is 16.2. The minimum absolute atomic E-state index is 0.0434. The highest BCUT2D eigenvalue weighted by Crippen LogP contribution is 2.42. The van der Waals surface area contributed by atoms with Gasteiger partial charge in [0.2, 0.25) is 5.91 Å². The summed E-state index contributed by atoms with van der Waals surface area (Å²) >= 11 is 0. The number of hydrogen-bond acceptors (Lipinski definition) is 5. The van der Waals surface area contributed by atoms with Crippen LogP contribution in [-0.2, 0) is 19.1 Å². The van der Waals surface area contributed by atoms with Crippen LogP contribution in [0.25, 0.3) is 0 Å². The lowest BCUT2D eigenvalue weighted by molar-refractivity contribution is -0.160. The van der Waals surface area contributed by atoms with E-state index in [4.69, 9.17) is 4.74 Å². The fourth-order valence-electron chi connectivity index (χ4n) is 3.00. The van der Waals surface area contributed by atoms with E-state index in [2.05, 4.69) is 16.0 Å². The molecule has 1 fully saturated rings. The van der Waals surface area contributed by atoms with E-state index < -0.39 is 29.9 Å². The van der Waals surface area contributed by atoms with E-state index in [9.17, 15) is 19.2 Å². The number of hydrogen-bond donors (Lipinski definition) is 3. The maximum atomic E-state index is 12.5. The van der Waals surface area contributed by atoms with Crippen molar-refractivity contribution >= 4 is 23.8 Å². The molecule has 0 bridgehead atoms. The number of urea groups is 1. The second-order valence-electron chi connectivity index (χ2n) is 7.84. The van der Waals surface area contributed by atoms with Gasteiger partial charge in [0.1, 0.15) is 0 Å². The lowest BCUT2D eigenvalue weighted by atomic mass is 9.82. The molecule has 0 aromatic rings. The number of carbonyl (C=O) groups excluding carboxylic acids is 4. The topological polar surface area (TPSA) is 114 Å². The lowest BCUT2D eigenvalue weighted by Gasteiger charge is -2.28. The number of carbonyl (C=O) groups is 4. The minimum Gasteiger partial charge on any atom is -0.455 e. The van der Waals surface area contributed by atoms with Gasteiger partial charge in [-0.1, -0.05) is 19.8 Å². The summed E-state index contributed by atoms with van der Waals surface area (Å²) in [6.45, 7) is 7.42. The summed E-state index contributed by atoms with van der Waals surface area (Å²) in [4.78, 5) is 47.9. The Hall–Kier alpha value is -2.12. The van der Waals surface area contributed by atoms with Crippen molar-refractivity contribution in [2.45, 2.75) is 71.8 Å². The van der Waals surface area contributed by atoms with Crippen molar-refractivity contribution in [3.63, 3.8) is 0 Å². The number of amides is 4. The summed E-state index contributed by atoms with van der Waals surface area (Å²) in [7, 11) is 0. The summed E-state index contributed by atoms with van der Waals surface area (Å²) in [5, 5.41) is 7.45. The van der Waals surface area contributed by atoms with Gasteiger partial charge in [0.05, 0.1) is 5.41 Å². The van der Waals surface area contributed by atoms with E-state index in [1.807, 2.05) is 27.7 Å². The van der Waals surface area contributed by atoms with Gasteiger partial charge in [0.25, 0.3) is 5.91 Å². The molecule has 0 spiro atoms. The first-order chi connectivity index (χ1) is 12.1. The number of rotatable bonds is 7. The van der Waals surface area contributed by atoms with Crippen LogP contribution in [0.15, 0.2) is 0 Å². The van der Waals surface area contributed by atoms with Gasteiger partial charge in [-0.3, -0.25) is 19.7 Å². The highest BCUT2D eigenvalue weighted by atomic mass is 16.5. The monoisotopic (exact) mass is 369 g/mol. The van der Waals surface area contributed by atoms with E-state index in [1.54, 1.807) is 0 Å². The van der Waals surface area contributed by atoms with Crippen LogP contribution in [0.1, 0.15) is 66.2 Å². The summed E-state index contributed by atoms with van der Waals surface area (Å²) < 4.78 is 5.12. The molecule has 0 aliphatic heterocycles. The standard InChI is InChI=1S/C18H31N3O5/c1-5-10-19-16(25)20-14(23)12-26-15(24)18(8-6-7-9-18)11-13(22)21-17(2,3)4/h5-12H2,1-4H3,(H,21,22)(H2,19,20,23,25). The highest BCUT2D eigenvalue weighted by Gasteiger charge is 2.44. The SMILES string of the molecule is CCCNC(=O)NC(=O)COC(=O)C1(CC(=O)NC(C)(C)C)CCCC1. The Morgan fingerprint density at radius 2 is 1.65 bits per heavy atom. The zero-order chi connectivity index (χ0) is 19.8. The lowest BCUT2D eigenvalue weighted by Crippen LogP contribution is -2.45. The normalized spacial score (nSPS) is 15.8. The zero-order valence-electron chi connectivity index (χ0n) is 16.2. The van der Waals surface area contributed by atoms with Gasteiger partial charge >= 0.3 is 12.0 Å². The Balaban J connectivity index is 2.56. The fourth-order valence-corrected chi connectivity index (χ4v) is 3.00. The predicted molar refractivity (Wildman–Crippen MR) is 96.2 cm³/mol. The largest absolute Gasteiger partial charge is 0.455 e. The molecule has 1 aliphatic carbocycles. The second kappa shape index (κ2) is 9.54. The van der Waals surface area contributed by atoms with Crippen molar-refractivity contribution in [3.05, 3.63) is 0 Å². The molecule has 0 atom stereocenters. The third kappa shape index (κ3) is 7.41. The average molecular weight is 369 g/mol. The second-order valence-corrected chi connectivity index (χ2v) is 7.84. The molecular formula is C18H31N3O5. The van der Waals surface area contributed by atoms with Crippen LogP contribution < -0.4 is 16.0 Å². The maximum Gasteiger partial charge on any atom is 0.321 e. The minimum atomic E-state index is -0.889. The first-order valence-corrected chi connectivity index (χ1v) is 9.14. The third-order valence-corrected chi connectivity index (χ3v) is 4.13. The number of ether oxygens (including phenoxy) is 1. The molecule has 1 aliphatic rings. The smallest absolute Gasteiger partial charge is 0.321 e. The van der Waals surface area contributed by atoms with Crippen LogP contribution in [0.3, 0.4) is 0 Å². The molecule has 1 rings (SSSR count). The molecular weight excluding hydrogens is 338 g/mol. The Kier molecular flexibility index (Phi) is 8.05. The Labute approximate surface area is 154 Å². The van der Waals surface area contributed by atoms with Crippen LogP contribution in [0, 0.1) is 5.41 Å². The molecule has 1 saturated carbocycles. The van der Waals surface area contributed by atoms with E-state index in [0.29, 0.717) is 19.4 Å². The van der Waals surface area contributed by atoms with Crippen LogP contribution >= 0.6 is 0 Å². The first-order valence-electron chi connectivity index (χ1n) is 9.14. The first kappa shape index (κ1) is 21.9. The Morgan fingerprint density at radius 1 is 1.04 bits per heavy atom. The summed E-state index contributed by atoms with van der Waals surface area (Å²) in [6.07, 6.45) is 3.58. The van der Waals surface area contributed by atoms with E-state index in [-0.39, 0.29) is 17.9 Å². The number of nitrogens with one attached hydrogen (secondary N) is 3. The highest BCUT2D eigenvalue weighted by molar-refractivity contribution is 5.96. The molecule has 0 radical (unpaired) electrons. The van der Waals surface area contributed by atoms with Gasteiger partial charge < -0.3 is 15.4 Å². The molecule has 4 amide bonds. The Bertz CT molecular complexity index is 533. The molecule has 3 N–H and O–H groups in total. The van der Waals surface area contributed by atoms with Crippen molar-refractivity contribution in [1.82, 2.24) is 16.0 Å². The van der Waals surface area contributed by atoms with Crippen molar-refractivity contribution in [3.8, 4) is 0 Å². The predicted octanol–water partition coefficient (Wildman–Crippen LogP) is 1.63. The maximum absolute atomic E-state index is 12.5. The van der Waals surface area contributed by atoms with Crippen LogP contribution in [0.4, 0.5) is 4.79 Å². The van der Waals surface area contributed by atoms with Gasteiger partial charge in [-0.25, -0.2) is 4.79 Å². The molecule has 0 aromatic carbocycles. The molecule has 8 nitrogen and oxygen atoms in total. The summed E-state index contributed by atoms with van der Waals surface area (Å²) in [5.74, 6) is -1.46. The van der Waals surface area contributed by atoms with Crippen molar-refractivity contribution < 1.29 is 23.9 Å².